The number of para-hydroxylation sites is 2. The van der Waals surface area contributed by atoms with Crippen molar-refractivity contribution in [3.63, 3.8) is 0 Å². The van der Waals surface area contributed by atoms with E-state index in [1.54, 1.807) is 37.3 Å². The third kappa shape index (κ3) is 6.26. The van der Waals surface area contributed by atoms with Crippen LogP contribution in [0.2, 0.25) is 0 Å². The van der Waals surface area contributed by atoms with Crippen LogP contribution in [0.4, 0.5) is 5.69 Å². The molecule has 8 heteroatoms. The van der Waals surface area contributed by atoms with Crippen molar-refractivity contribution < 1.29 is 19.1 Å². The predicted octanol–water partition coefficient (Wildman–Crippen LogP) is 2.02. The maximum atomic E-state index is 12.1. The van der Waals surface area contributed by atoms with Crippen molar-refractivity contribution in [2.75, 3.05) is 12.4 Å². The van der Waals surface area contributed by atoms with Gasteiger partial charge in [-0.2, -0.15) is 5.10 Å². The molecule has 0 saturated heterocycles. The number of carbonyl (C=O) groups excluding carboxylic acids is 3. The van der Waals surface area contributed by atoms with Gasteiger partial charge in [-0.05, 0) is 19.1 Å². The number of amides is 3. The van der Waals surface area contributed by atoms with Crippen LogP contribution in [0.15, 0.2) is 58.5 Å². The first kappa shape index (κ1) is 20.7. The van der Waals surface area contributed by atoms with Gasteiger partial charge in [0, 0.05) is 30.8 Å². The second-order valence-electron chi connectivity index (χ2n) is 6.03. The number of hydrazone groups is 1. The van der Waals surface area contributed by atoms with Crippen molar-refractivity contribution in [3.8, 4) is 5.75 Å². The van der Waals surface area contributed by atoms with Crippen molar-refractivity contribution in [2.45, 2.75) is 26.7 Å². The molecule has 0 spiro atoms. The second kappa shape index (κ2) is 9.89. The monoisotopic (exact) mass is 382 g/mol. The van der Waals surface area contributed by atoms with Gasteiger partial charge in [0.1, 0.15) is 5.75 Å². The highest BCUT2D eigenvalue weighted by Gasteiger charge is 2.12. The van der Waals surface area contributed by atoms with E-state index in [2.05, 4.69) is 26.9 Å². The van der Waals surface area contributed by atoms with Crippen LogP contribution in [-0.4, -0.2) is 30.5 Å². The molecule has 1 aliphatic rings. The smallest absolute Gasteiger partial charge is 0.275 e. The lowest BCUT2D eigenvalue weighted by molar-refractivity contribution is -0.118. The Morgan fingerprint density at radius 2 is 1.93 bits per heavy atom. The Kier molecular flexibility index (Phi) is 7.30. The normalized spacial score (nSPS) is 13.2. The van der Waals surface area contributed by atoms with Gasteiger partial charge in [-0.15, -0.1) is 5.73 Å². The number of benzene rings is 1. The van der Waals surface area contributed by atoms with E-state index >= 15 is 0 Å². The number of carbonyl (C=O) groups is 3. The molecule has 0 radical (unpaired) electrons. The molecule has 0 saturated carbocycles. The molecule has 1 aromatic carbocycles. The minimum atomic E-state index is -0.418. The standard InChI is InChI=1S/C20H22N4O4/c1-13(12-19(26)22-17-6-4-5-7-18(17)28-3)23-24-20(27)15-8-10-16(11-9-15)21-14(2)25/h4-7,10-11H,8,12H2,1-3H3,(H,21,25)(H,22,26)(H,24,27). The van der Waals surface area contributed by atoms with Crippen LogP contribution in [0.3, 0.4) is 0 Å². The molecule has 3 amide bonds. The maximum Gasteiger partial charge on any atom is 0.275 e. The van der Waals surface area contributed by atoms with Crippen LogP contribution >= 0.6 is 0 Å². The highest BCUT2D eigenvalue weighted by Crippen LogP contribution is 2.23. The van der Waals surface area contributed by atoms with Gasteiger partial charge >= 0.3 is 0 Å². The Hall–Kier alpha value is -3.64. The highest BCUT2D eigenvalue weighted by atomic mass is 16.5. The number of nitrogens with zero attached hydrogens (tertiary/aromatic N) is 1. The van der Waals surface area contributed by atoms with Crippen LogP contribution in [0.1, 0.15) is 26.7 Å². The van der Waals surface area contributed by atoms with Crippen LogP contribution < -0.4 is 20.8 Å². The first-order chi connectivity index (χ1) is 13.4. The van der Waals surface area contributed by atoms with E-state index in [1.807, 2.05) is 0 Å². The average molecular weight is 382 g/mol. The summed E-state index contributed by atoms with van der Waals surface area (Å²) < 4.78 is 5.18. The van der Waals surface area contributed by atoms with Gasteiger partial charge in [0.15, 0.2) is 0 Å². The summed E-state index contributed by atoms with van der Waals surface area (Å²) in [5.74, 6) is -0.330. The van der Waals surface area contributed by atoms with Gasteiger partial charge in [0.05, 0.1) is 24.8 Å². The van der Waals surface area contributed by atoms with Gasteiger partial charge in [0.25, 0.3) is 5.91 Å². The molecule has 0 atom stereocenters. The molecule has 0 bridgehead atoms. The van der Waals surface area contributed by atoms with Crippen molar-refractivity contribution in [3.05, 3.63) is 53.4 Å². The Morgan fingerprint density at radius 1 is 1.18 bits per heavy atom. The third-order valence-electron chi connectivity index (χ3n) is 3.67. The van der Waals surface area contributed by atoms with E-state index in [1.165, 1.54) is 20.1 Å². The summed E-state index contributed by atoms with van der Waals surface area (Å²) in [5.41, 5.74) is 7.20. The van der Waals surface area contributed by atoms with Gasteiger partial charge in [0.2, 0.25) is 11.8 Å². The lowest BCUT2D eigenvalue weighted by Crippen LogP contribution is -2.24. The van der Waals surface area contributed by atoms with Gasteiger partial charge in [-0.1, -0.05) is 18.2 Å². The number of rotatable bonds is 7. The molecule has 28 heavy (non-hydrogen) atoms. The van der Waals surface area contributed by atoms with Crippen LogP contribution in [0.25, 0.3) is 0 Å². The summed E-state index contributed by atoms with van der Waals surface area (Å²) in [6, 6.07) is 7.07. The molecule has 3 N–H and O–H groups in total. The summed E-state index contributed by atoms with van der Waals surface area (Å²) in [7, 11) is 1.52. The van der Waals surface area contributed by atoms with Gasteiger partial charge < -0.3 is 15.4 Å². The molecule has 8 nitrogen and oxygen atoms in total. The zero-order chi connectivity index (χ0) is 20.5. The van der Waals surface area contributed by atoms with Crippen LogP contribution in [-0.2, 0) is 14.4 Å². The molecule has 0 aromatic heterocycles. The number of hydrogen-bond donors (Lipinski definition) is 3. The summed E-state index contributed by atoms with van der Waals surface area (Å²) in [6.07, 6.45) is 3.57. The predicted molar refractivity (Wildman–Crippen MR) is 106 cm³/mol. The number of nitrogens with one attached hydrogen (secondary N) is 3. The molecule has 146 valence electrons. The molecule has 0 aliphatic heterocycles. The minimum absolute atomic E-state index is 0.0137. The molecule has 0 fully saturated rings. The van der Waals surface area contributed by atoms with Crippen LogP contribution in [0, 0.1) is 0 Å². The van der Waals surface area contributed by atoms with Crippen LogP contribution in [0.5, 0.6) is 5.75 Å². The zero-order valence-corrected chi connectivity index (χ0v) is 16.0. The van der Waals surface area contributed by atoms with Crippen molar-refractivity contribution >= 4 is 29.1 Å². The summed E-state index contributed by atoms with van der Waals surface area (Å²) >= 11 is 0. The maximum absolute atomic E-state index is 12.1. The molecular formula is C20H22N4O4. The molecule has 0 heterocycles. The summed E-state index contributed by atoms with van der Waals surface area (Å²) in [4.78, 5) is 35.3. The molecule has 1 aromatic rings. The SMILES string of the molecule is COc1ccccc1NC(=O)CC(C)=NNC(=O)C1=C=CC(NC(C)=O)=CC1. The molecule has 0 unspecified atom stereocenters. The number of anilines is 1. The Morgan fingerprint density at radius 3 is 2.57 bits per heavy atom. The summed E-state index contributed by atoms with van der Waals surface area (Å²) in [6.45, 7) is 3.05. The largest absolute Gasteiger partial charge is 0.495 e. The Bertz CT molecular complexity index is 909. The first-order valence-corrected chi connectivity index (χ1v) is 8.58. The summed E-state index contributed by atoms with van der Waals surface area (Å²) in [5, 5.41) is 9.31. The van der Waals surface area contributed by atoms with Crippen molar-refractivity contribution in [1.29, 1.82) is 0 Å². The lowest BCUT2D eigenvalue weighted by Gasteiger charge is -2.10. The van der Waals surface area contributed by atoms with E-state index in [4.69, 9.17) is 4.74 Å². The zero-order valence-electron chi connectivity index (χ0n) is 16.0. The number of hydrogen-bond acceptors (Lipinski definition) is 5. The molecule has 2 rings (SSSR count). The Balaban J connectivity index is 1.88. The number of methoxy groups -OCH3 is 1. The van der Waals surface area contributed by atoms with E-state index in [-0.39, 0.29) is 18.2 Å². The fourth-order valence-corrected chi connectivity index (χ4v) is 2.37. The van der Waals surface area contributed by atoms with E-state index in [0.717, 1.165) is 0 Å². The number of allylic oxidation sites excluding steroid dienone is 2. The van der Waals surface area contributed by atoms with E-state index < -0.39 is 5.91 Å². The fourth-order valence-electron chi connectivity index (χ4n) is 2.37. The number of ether oxygens (including phenoxy) is 1. The van der Waals surface area contributed by atoms with Gasteiger partial charge in [-0.3, -0.25) is 14.4 Å². The van der Waals surface area contributed by atoms with E-state index in [9.17, 15) is 14.4 Å². The quantitative estimate of drug-likeness (QED) is 0.381. The fraction of sp³-hybridized carbons (Fsp3) is 0.250. The minimum Gasteiger partial charge on any atom is -0.495 e. The Labute approximate surface area is 163 Å². The molecule has 1 aliphatic carbocycles. The second-order valence-corrected chi connectivity index (χ2v) is 6.03. The topological polar surface area (TPSA) is 109 Å². The third-order valence-corrected chi connectivity index (χ3v) is 3.67. The molecular weight excluding hydrogens is 360 g/mol. The van der Waals surface area contributed by atoms with Gasteiger partial charge in [-0.25, -0.2) is 5.43 Å². The average Bonchev–Trinajstić information content (AvgIpc) is 2.66. The lowest BCUT2D eigenvalue weighted by atomic mass is 10.1. The van der Waals surface area contributed by atoms with E-state index in [0.29, 0.717) is 34.8 Å². The highest BCUT2D eigenvalue weighted by molar-refractivity contribution is 6.06. The van der Waals surface area contributed by atoms with Crippen molar-refractivity contribution in [2.24, 2.45) is 5.10 Å². The first-order valence-electron chi connectivity index (χ1n) is 8.58. The van der Waals surface area contributed by atoms with Crippen molar-refractivity contribution in [1.82, 2.24) is 10.7 Å².